The third-order valence-corrected chi connectivity index (χ3v) is 4.60. The highest BCUT2D eigenvalue weighted by Gasteiger charge is 2.15. The van der Waals surface area contributed by atoms with Gasteiger partial charge in [-0.3, -0.25) is 0 Å². The molecule has 0 saturated heterocycles. The summed E-state index contributed by atoms with van der Waals surface area (Å²) in [4.78, 5) is 0.783. The maximum atomic E-state index is 5.38. The van der Waals surface area contributed by atoms with Crippen LogP contribution in [0.4, 0.5) is 0 Å². The van der Waals surface area contributed by atoms with E-state index in [1.807, 2.05) is 12.1 Å². The van der Waals surface area contributed by atoms with Gasteiger partial charge in [-0.2, -0.15) is 9.61 Å². The van der Waals surface area contributed by atoms with E-state index < -0.39 is 0 Å². The van der Waals surface area contributed by atoms with E-state index >= 15 is 0 Å². The van der Waals surface area contributed by atoms with Crippen LogP contribution in [-0.4, -0.2) is 19.8 Å². The summed E-state index contributed by atoms with van der Waals surface area (Å²) in [6.07, 6.45) is 2.42. The first-order chi connectivity index (χ1) is 10.7. The van der Waals surface area contributed by atoms with Crippen LogP contribution >= 0.6 is 11.3 Å². The highest BCUT2D eigenvalue weighted by Crippen LogP contribution is 2.23. The van der Waals surface area contributed by atoms with Crippen molar-refractivity contribution >= 4 is 16.3 Å². The fourth-order valence-corrected chi connectivity index (χ4v) is 3.24. The summed E-state index contributed by atoms with van der Waals surface area (Å²) in [5.74, 6) is 1.32. The molecular weight excluding hydrogens is 296 g/mol. The van der Waals surface area contributed by atoms with Gasteiger partial charge in [0.1, 0.15) is 5.01 Å². The molecule has 0 atom stereocenters. The minimum absolute atomic E-state index is 0.641. The molecule has 0 N–H and O–H groups in total. The first-order valence-electron chi connectivity index (χ1n) is 7.02. The van der Waals surface area contributed by atoms with Gasteiger partial charge in [0.25, 0.3) is 0 Å². The van der Waals surface area contributed by atoms with Gasteiger partial charge in [0.2, 0.25) is 10.8 Å². The van der Waals surface area contributed by atoms with Crippen LogP contribution < -0.4 is 0 Å². The van der Waals surface area contributed by atoms with Crippen molar-refractivity contribution in [3.05, 3.63) is 58.3 Å². The summed E-state index contributed by atoms with van der Waals surface area (Å²) >= 11 is 1.56. The first kappa shape index (κ1) is 13.2. The summed E-state index contributed by atoms with van der Waals surface area (Å²) in [6.45, 7) is 4.25. The molecule has 0 saturated carbocycles. The van der Waals surface area contributed by atoms with E-state index in [0.29, 0.717) is 11.6 Å². The third kappa shape index (κ3) is 2.21. The topological polar surface area (TPSA) is 56.2 Å². The minimum Gasteiger partial charge on any atom is -0.461 e. The maximum Gasteiger partial charge on any atom is 0.235 e. The molecular formula is C16H14N4OS. The summed E-state index contributed by atoms with van der Waals surface area (Å²) in [5, 5.41) is 14.0. The standard InChI is InChI=1S/C16H14N4OS/c1-10-5-6-12(8-11(10)2)9-14-19-20-15(13-4-3-7-21-13)17-18-16(20)22-14/h3-8H,9H2,1-2H3. The van der Waals surface area contributed by atoms with Crippen LogP contribution in [-0.2, 0) is 6.42 Å². The predicted octanol–water partition coefficient (Wildman–Crippen LogP) is 3.65. The van der Waals surface area contributed by atoms with Gasteiger partial charge in [0, 0.05) is 6.42 Å². The van der Waals surface area contributed by atoms with Crippen molar-refractivity contribution in [1.82, 2.24) is 19.8 Å². The third-order valence-electron chi connectivity index (χ3n) is 3.70. The zero-order valence-electron chi connectivity index (χ0n) is 12.3. The molecule has 3 aromatic heterocycles. The van der Waals surface area contributed by atoms with Crippen molar-refractivity contribution in [2.45, 2.75) is 20.3 Å². The minimum atomic E-state index is 0.641. The van der Waals surface area contributed by atoms with Gasteiger partial charge < -0.3 is 4.42 Å². The van der Waals surface area contributed by atoms with Crippen molar-refractivity contribution in [1.29, 1.82) is 0 Å². The van der Waals surface area contributed by atoms with Crippen molar-refractivity contribution < 1.29 is 4.42 Å². The molecule has 4 rings (SSSR count). The van der Waals surface area contributed by atoms with Gasteiger partial charge in [-0.05, 0) is 42.7 Å². The average Bonchev–Trinajstić information content (AvgIpc) is 3.18. The van der Waals surface area contributed by atoms with Gasteiger partial charge in [-0.25, -0.2) is 0 Å². The van der Waals surface area contributed by atoms with Crippen molar-refractivity contribution in [3.63, 3.8) is 0 Å². The number of furan rings is 1. The van der Waals surface area contributed by atoms with Gasteiger partial charge in [0.05, 0.1) is 6.26 Å². The Bertz CT molecular complexity index is 937. The number of benzene rings is 1. The van der Waals surface area contributed by atoms with Gasteiger partial charge in [-0.15, -0.1) is 10.2 Å². The van der Waals surface area contributed by atoms with Crippen molar-refractivity contribution in [2.24, 2.45) is 0 Å². The second kappa shape index (κ2) is 5.06. The average molecular weight is 310 g/mol. The molecule has 0 spiro atoms. The number of rotatable bonds is 3. The molecule has 0 fully saturated rings. The van der Waals surface area contributed by atoms with E-state index in [4.69, 9.17) is 4.42 Å². The van der Waals surface area contributed by atoms with E-state index in [1.54, 1.807) is 22.1 Å². The van der Waals surface area contributed by atoms with Gasteiger partial charge >= 0.3 is 0 Å². The molecule has 4 aromatic rings. The molecule has 110 valence electrons. The molecule has 0 aliphatic heterocycles. The smallest absolute Gasteiger partial charge is 0.235 e. The van der Waals surface area contributed by atoms with Crippen LogP contribution in [0.15, 0.2) is 41.0 Å². The number of hydrogen-bond acceptors (Lipinski definition) is 5. The number of aryl methyl sites for hydroxylation is 2. The summed E-state index contributed by atoms with van der Waals surface area (Å²) < 4.78 is 7.13. The predicted molar refractivity (Wildman–Crippen MR) is 85.1 cm³/mol. The molecule has 0 bridgehead atoms. The first-order valence-corrected chi connectivity index (χ1v) is 7.83. The zero-order valence-corrected chi connectivity index (χ0v) is 13.1. The lowest BCUT2D eigenvalue weighted by molar-refractivity contribution is 0.574. The Balaban J connectivity index is 1.69. The van der Waals surface area contributed by atoms with Crippen LogP contribution in [0, 0.1) is 13.8 Å². The molecule has 0 unspecified atom stereocenters. The van der Waals surface area contributed by atoms with E-state index in [1.165, 1.54) is 16.7 Å². The molecule has 1 aromatic carbocycles. The van der Waals surface area contributed by atoms with E-state index in [0.717, 1.165) is 16.4 Å². The Kier molecular flexibility index (Phi) is 3.04. The Hall–Kier alpha value is -2.47. The molecule has 6 heteroatoms. The molecule has 3 heterocycles. The van der Waals surface area contributed by atoms with Crippen LogP contribution in [0.5, 0.6) is 0 Å². The lowest BCUT2D eigenvalue weighted by Gasteiger charge is -2.02. The largest absolute Gasteiger partial charge is 0.461 e. The molecule has 0 amide bonds. The van der Waals surface area contributed by atoms with Crippen LogP contribution in [0.25, 0.3) is 16.5 Å². The highest BCUT2D eigenvalue weighted by molar-refractivity contribution is 7.16. The van der Waals surface area contributed by atoms with Gasteiger partial charge in [-0.1, -0.05) is 29.5 Å². The zero-order chi connectivity index (χ0) is 15.1. The number of aromatic nitrogens is 4. The fraction of sp³-hybridized carbons (Fsp3) is 0.188. The van der Waals surface area contributed by atoms with E-state index in [2.05, 4.69) is 47.3 Å². The Morgan fingerprint density at radius 1 is 1.14 bits per heavy atom. The molecule has 22 heavy (non-hydrogen) atoms. The fourth-order valence-electron chi connectivity index (χ4n) is 2.38. The van der Waals surface area contributed by atoms with Crippen LogP contribution in [0.3, 0.4) is 0 Å². The van der Waals surface area contributed by atoms with E-state index in [9.17, 15) is 0 Å². The summed E-state index contributed by atoms with van der Waals surface area (Å²) in [7, 11) is 0. The Morgan fingerprint density at radius 3 is 2.82 bits per heavy atom. The lowest BCUT2D eigenvalue weighted by Crippen LogP contribution is -1.94. The second-order valence-corrected chi connectivity index (χ2v) is 6.33. The van der Waals surface area contributed by atoms with E-state index in [-0.39, 0.29) is 0 Å². The molecule has 5 nitrogen and oxygen atoms in total. The molecule has 0 aliphatic rings. The highest BCUT2D eigenvalue weighted by atomic mass is 32.1. The van der Waals surface area contributed by atoms with Crippen molar-refractivity contribution in [3.8, 4) is 11.6 Å². The summed E-state index contributed by atoms with van der Waals surface area (Å²) in [6, 6.07) is 10.2. The number of hydrogen-bond donors (Lipinski definition) is 0. The quantitative estimate of drug-likeness (QED) is 0.579. The molecule has 0 radical (unpaired) electrons. The van der Waals surface area contributed by atoms with Gasteiger partial charge in [0.15, 0.2) is 5.76 Å². The Morgan fingerprint density at radius 2 is 2.05 bits per heavy atom. The second-order valence-electron chi connectivity index (χ2n) is 5.29. The van der Waals surface area contributed by atoms with Crippen LogP contribution in [0.2, 0.25) is 0 Å². The monoisotopic (exact) mass is 310 g/mol. The Labute approximate surface area is 131 Å². The summed E-state index contributed by atoms with van der Waals surface area (Å²) in [5.41, 5.74) is 3.87. The van der Waals surface area contributed by atoms with Crippen LogP contribution in [0.1, 0.15) is 21.7 Å². The normalized spacial score (nSPS) is 11.4. The molecule has 0 aliphatic carbocycles. The SMILES string of the molecule is Cc1ccc(Cc2nn3c(-c4ccco4)nnc3s2)cc1C. The number of fused-ring (bicyclic) bond motifs is 1. The maximum absolute atomic E-state index is 5.38. The van der Waals surface area contributed by atoms with Crippen molar-refractivity contribution in [2.75, 3.05) is 0 Å². The lowest BCUT2D eigenvalue weighted by atomic mass is 10.0. The number of nitrogens with zero attached hydrogens (tertiary/aromatic N) is 4.